The van der Waals surface area contributed by atoms with Crippen LogP contribution in [0.1, 0.15) is 31.5 Å². The number of anilines is 3. The molecule has 0 radical (unpaired) electrons. The van der Waals surface area contributed by atoms with Gasteiger partial charge in [0.15, 0.2) is 5.82 Å². The molecule has 1 fully saturated rings. The van der Waals surface area contributed by atoms with E-state index in [1.807, 2.05) is 13.2 Å². The Morgan fingerprint density at radius 3 is 2.84 bits per heavy atom. The SMILES string of the molecule is Cn1cc(-c2cnc(Nc3cc(N)nc(C(F)F)n3)cc2OCC2CCCCO2)cn1. The van der Waals surface area contributed by atoms with Gasteiger partial charge in [0.2, 0.25) is 0 Å². The number of halogens is 2. The van der Waals surface area contributed by atoms with E-state index >= 15 is 0 Å². The van der Waals surface area contributed by atoms with Crippen LogP contribution in [0.5, 0.6) is 5.75 Å². The van der Waals surface area contributed by atoms with Crippen LogP contribution in [0.2, 0.25) is 0 Å². The lowest BCUT2D eigenvalue weighted by molar-refractivity contribution is -0.0109. The van der Waals surface area contributed by atoms with Gasteiger partial charge in [0.1, 0.15) is 29.8 Å². The molecule has 31 heavy (non-hydrogen) atoms. The first-order chi connectivity index (χ1) is 15.0. The zero-order valence-electron chi connectivity index (χ0n) is 17.0. The van der Waals surface area contributed by atoms with Crippen molar-refractivity contribution < 1.29 is 18.3 Å². The van der Waals surface area contributed by atoms with Crippen molar-refractivity contribution in [2.45, 2.75) is 31.8 Å². The zero-order valence-corrected chi connectivity index (χ0v) is 17.0. The molecular weight excluding hydrogens is 408 g/mol. The summed E-state index contributed by atoms with van der Waals surface area (Å²) in [7, 11) is 1.82. The van der Waals surface area contributed by atoms with Gasteiger partial charge in [0, 0.05) is 49.3 Å². The van der Waals surface area contributed by atoms with E-state index in [-0.39, 0.29) is 17.7 Å². The first-order valence-corrected chi connectivity index (χ1v) is 9.91. The second-order valence-corrected chi connectivity index (χ2v) is 7.23. The fraction of sp³-hybridized carbons (Fsp3) is 0.400. The Hall–Kier alpha value is -3.34. The van der Waals surface area contributed by atoms with Gasteiger partial charge >= 0.3 is 0 Å². The topological polar surface area (TPSA) is 113 Å². The van der Waals surface area contributed by atoms with Gasteiger partial charge in [-0.15, -0.1) is 0 Å². The highest BCUT2D eigenvalue weighted by Gasteiger charge is 2.18. The molecule has 1 atom stereocenters. The van der Waals surface area contributed by atoms with Crippen LogP contribution in [0, 0.1) is 0 Å². The Morgan fingerprint density at radius 1 is 1.26 bits per heavy atom. The van der Waals surface area contributed by atoms with E-state index in [1.54, 1.807) is 23.1 Å². The van der Waals surface area contributed by atoms with Crippen molar-refractivity contribution in [3.63, 3.8) is 0 Å². The molecule has 4 heterocycles. The van der Waals surface area contributed by atoms with Crippen LogP contribution in [0.25, 0.3) is 11.1 Å². The molecule has 9 nitrogen and oxygen atoms in total. The van der Waals surface area contributed by atoms with Crippen molar-refractivity contribution in [1.82, 2.24) is 24.7 Å². The number of aryl methyl sites for hydroxylation is 1. The third kappa shape index (κ3) is 5.23. The minimum atomic E-state index is -2.83. The molecule has 0 bridgehead atoms. The number of rotatable bonds is 7. The van der Waals surface area contributed by atoms with E-state index in [2.05, 4.69) is 25.4 Å². The van der Waals surface area contributed by atoms with E-state index in [1.165, 1.54) is 6.07 Å². The van der Waals surface area contributed by atoms with Crippen molar-refractivity contribution >= 4 is 17.5 Å². The van der Waals surface area contributed by atoms with E-state index < -0.39 is 12.2 Å². The summed E-state index contributed by atoms with van der Waals surface area (Å²) in [5.74, 6) is 0.332. The number of nitrogens with zero attached hydrogens (tertiary/aromatic N) is 5. The molecule has 3 N–H and O–H groups in total. The minimum absolute atomic E-state index is 0.0235. The van der Waals surface area contributed by atoms with Crippen LogP contribution in [0.4, 0.5) is 26.2 Å². The summed E-state index contributed by atoms with van der Waals surface area (Å²) in [6.45, 7) is 1.13. The van der Waals surface area contributed by atoms with E-state index in [4.69, 9.17) is 15.2 Å². The fourth-order valence-corrected chi connectivity index (χ4v) is 3.30. The number of alkyl halides is 2. The Morgan fingerprint density at radius 2 is 2.13 bits per heavy atom. The van der Waals surface area contributed by atoms with Crippen molar-refractivity contribution in [3.8, 4) is 16.9 Å². The van der Waals surface area contributed by atoms with Crippen molar-refractivity contribution in [2.24, 2.45) is 7.05 Å². The molecule has 0 aromatic carbocycles. The number of pyridine rings is 1. The molecule has 0 amide bonds. The Kier molecular flexibility index (Phi) is 6.21. The quantitative estimate of drug-likeness (QED) is 0.585. The third-order valence-corrected chi connectivity index (χ3v) is 4.80. The first kappa shape index (κ1) is 20.9. The number of hydrogen-bond donors (Lipinski definition) is 2. The average molecular weight is 431 g/mol. The van der Waals surface area contributed by atoms with Crippen molar-refractivity contribution in [2.75, 3.05) is 24.3 Å². The van der Waals surface area contributed by atoms with Gasteiger partial charge in [-0.3, -0.25) is 4.68 Å². The molecule has 4 rings (SSSR count). The summed E-state index contributed by atoms with van der Waals surface area (Å²) < 4.78 is 39.5. The molecule has 1 aliphatic heterocycles. The summed E-state index contributed by atoms with van der Waals surface area (Å²) in [5, 5.41) is 7.10. The smallest absolute Gasteiger partial charge is 0.297 e. The van der Waals surface area contributed by atoms with Crippen molar-refractivity contribution in [1.29, 1.82) is 0 Å². The van der Waals surface area contributed by atoms with Crippen LogP contribution in [-0.4, -0.2) is 44.1 Å². The highest BCUT2D eigenvalue weighted by Crippen LogP contribution is 2.32. The standard InChI is InChI=1S/C20H23F2N7O2/c1-29-10-12(8-25-29)14-9-24-17(6-15(14)31-11-13-4-2-3-5-30-13)27-18-7-16(23)26-20(28-18)19(21)22/h6-10,13,19H,2-5,11H2,1H3,(H3,23,24,26,27,28). The molecule has 1 aliphatic rings. The molecule has 0 spiro atoms. The molecule has 164 valence electrons. The second kappa shape index (κ2) is 9.21. The maximum atomic E-state index is 13.0. The van der Waals surface area contributed by atoms with Crippen LogP contribution in [0.3, 0.4) is 0 Å². The number of nitrogens with one attached hydrogen (secondary N) is 1. The Labute approximate surface area is 177 Å². The summed E-state index contributed by atoms with van der Waals surface area (Å²) in [5.41, 5.74) is 7.22. The maximum absolute atomic E-state index is 13.0. The lowest BCUT2D eigenvalue weighted by Crippen LogP contribution is -2.25. The minimum Gasteiger partial charge on any atom is -0.490 e. The highest BCUT2D eigenvalue weighted by molar-refractivity contribution is 5.71. The predicted molar refractivity (Wildman–Crippen MR) is 110 cm³/mol. The average Bonchev–Trinajstić information content (AvgIpc) is 3.18. The lowest BCUT2D eigenvalue weighted by Gasteiger charge is -2.23. The molecule has 3 aromatic heterocycles. The number of hydrogen-bond acceptors (Lipinski definition) is 8. The van der Waals surface area contributed by atoms with Crippen LogP contribution in [-0.2, 0) is 11.8 Å². The van der Waals surface area contributed by atoms with Gasteiger partial charge in [0.25, 0.3) is 6.43 Å². The molecule has 3 aromatic rings. The molecule has 1 saturated heterocycles. The van der Waals surface area contributed by atoms with E-state index in [9.17, 15) is 8.78 Å². The highest BCUT2D eigenvalue weighted by atomic mass is 19.3. The van der Waals surface area contributed by atoms with Gasteiger partial charge in [-0.1, -0.05) is 0 Å². The summed E-state index contributed by atoms with van der Waals surface area (Å²) in [6, 6.07) is 3.05. The largest absolute Gasteiger partial charge is 0.490 e. The van der Waals surface area contributed by atoms with Crippen LogP contribution < -0.4 is 15.8 Å². The number of aromatic nitrogens is 5. The van der Waals surface area contributed by atoms with Gasteiger partial charge < -0.3 is 20.5 Å². The third-order valence-electron chi connectivity index (χ3n) is 4.80. The number of nitrogens with two attached hydrogens (primary N) is 1. The maximum Gasteiger partial charge on any atom is 0.297 e. The van der Waals surface area contributed by atoms with Gasteiger partial charge in [-0.2, -0.15) is 5.10 Å². The summed E-state index contributed by atoms with van der Waals surface area (Å²) in [4.78, 5) is 11.7. The molecule has 0 saturated carbocycles. The predicted octanol–water partition coefficient (Wildman–Crippen LogP) is 3.48. The molecule has 1 unspecified atom stereocenters. The second-order valence-electron chi connectivity index (χ2n) is 7.23. The monoisotopic (exact) mass is 431 g/mol. The number of nitrogen functional groups attached to an aromatic ring is 1. The zero-order chi connectivity index (χ0) is 21.8. The number of ether oxygens (including phenoxy) is 2. The molecule has 0 aliphatic carbocycles. The van der Waals surface area contributed by atoms with E-state index in [0.29, 0.717) is 18.2 Å². The van der Waals surface area contributed by atoms with Crippen molar-refractivity contribution in [3.05, 3.63) is 36.5 Å². The molecular formula is C20H23F2N7O2. The summed E-state index contributed by atoms with van der Waals surface area (Å²) >= 11 is 0. The van der Waals surface area contributed by atoms with Gasteiger partial charge in [0.05, 0.1) is 12.3 Å². The van der Waals surface area contributed by atoms with Crippen LogP contribution in [0.15, 0.2) is 30.7 Å². The van der Waals surface area contributed by atoms with Gasteiger partial charge in [-0.25, -0.2) is 23.7 Å². The Balaban J connectivity index is 1.60. The van der Waals surface area contributed by atoms with Gasteiger partial charge in [-0.05, 0) is 19.3 Å². The lowest BCUT2D eigenvalue weighted by atomic mass is 10.1. The van der Waals surface area contributed by atoms with Crippen LogP contribution >= 0.6 is 0 Å². The molecule has 11 heteroatoms. The van der Waals surface area contributed by atoms with E-state index in [0.717, 1.165) is 37.0 Å². The summed E-state index contributed by atoms with van der Waals surface area (Å²) in [6.07, 6.45) is 5.50. The normalized spacial score (nSPS) is 16.5. The first-order valence-electron chi connectivity index (χ1n) is 9.91. The fourth-order valence-electron chi connectivity index (χ4n) is 3.30. The Bertz CT molecular complexity index is 1040.